The number of carboxylic acid groups (broad SMARTS) is 1. The van der Waals surface area contributed by atoms with Gasteiger partial charge in [-0.15, -0.1) is 0 Å². The lowest BCUT2D eigenvalue weighted by atomic mass is 10.2. The van der Waals surface area contributed by atoms with E-state index in [9.17, 15) is 9.18 Å². The number of hydrogen-bond acceptors (Lipinski definition) is 2. The Hall–Kier alpha value is -1.29. The lowest BCUT2D eigenvalue weighted by molar-refractivity contribution is -0.137. The number of aliphatic carboxylic acids is 1. The van der Waals surface area contributed by atoms with Crippen LogP contribution in [0.15, 0.2) is 18.2 Å². The van der Waals surface area contributed by atoms with Gasteiger partial charge in [-0.25, -0.2) is 4.39 Å². The molecule has 0 aliphatic carbocycles. The van der Waals surface area contributed by atoms with E-state index in [-0.39, 0.29) is 11.4 Å². The van der Waals surface area contributed by atoms with Crippen molar-refractivity contribution in [3.05, 3.63) is 29.0 Å². The van der Waals surface area contributed by atoms with Crippen molar-refractivity contribution >= 4 is 23.3 Å². The van der Waals surface area contributed by atoms with Gasteiger partial charge in [0, 0.05) is 18.7 Å². The number of carbonyl (C=O) groups is 1. The van der Waals surface area contributed by atoms with Crippen LogP contribution >= 0.6 is 11.6 Å². The fraction of sp³-hybridized carbons (Fsp3) is 0.300. The third-order valence-electron chi connectivity index (χ3n) is 1.82. The molecule has 0 fully saturated rings. The molecule has 0 amide bonds. The molecule has 5 heteroatoms. The van der Waals surface area contributed by atoms with E-state index in [1.165, 1.54) is 12.1 Å². The first-order chi connectivity index (χ1) is 7.09. The molecular weight excluding hydrogens is 221 g/mol. The Morgan fingerprint density at radius 2 is 2.27 bits per heavy atom. The topological polar surface area (TPSA) is 49.3 Å². The lowest BCUT2D eigenvalue weighted by Crippen LogP contribution is -2.04. The minimum Gasteiger partial charge on any atom is -0.481 e. The molecule has 0 aliphatic rings. The highest BCUT2D eigenvalue weighted by molar-refractivity contribution is 6.30. The molecule has 0 saturated heterocycles. The zero-order valence-corrected chi connectivity index (χ0v) is 8.72. The minimum absolute atomic E-state index is 0.0751. The molecule has 1 aromatic rings. The van der Waals surface area contributed by atoms with Crippen LogP contribution in [0.5, 0.6) is 0 Å². The van der Waals surface area contributed by atoms with E-state index in [2.05, 4.69) is 5.32 Å². The number of rotatable bonds is 5. The standard InChI is InChI=1S/C10H11ClFNO2/c11-8-4-3-7(6-9(8)12)13-5-1-2-10(14)15/h3-4,6,13H,1-2,5H2,(H,14,15). The number of benzene rings is 1. The molecule has 15 heavy (non-hydrogen) atoms. The quantitative estimate of drug-likeness (QED) is 0.766. The van der Waals surface area contributed by atoms with E-state index < -0.39 is 11.8 Å². The normalized spacial score (nSPS) is 10.0. The molecule has 0 spiro atoms. The van der Waals surface area contributed by atoms with Crippen LogP contribution in [0.25, 0.3) is 0 Å². The second kappa shape index (κ2) is 5.56. The van der Waals surface area contributed by atoms with Gasteiger partial charge in [-0.05, 0) is 24.6 Å². The summed E-state index contributed by atoms with van der Waals surface area (Å²) in [5, 5.41) is 11.4. The van der Waals surface area contributed by atoms with Gasteiger partial charge in [0.25, 0.3) is 0 Å². The van der Waals surface area contributed by atoms with E-state index in [1.807, 2.05) is 0 Å². The van der Waals surface area contributed by atoms with Crippen LogP contribution in [0.2, 0.25) is 5.02 Å². The van der Waals surface area contributed by atoms with Crippen molar-refractivity contribution in [2.24, 2.45) is 0 Å². The number of halogens is 2. The maximum atomic E-state index is 13.0. The van der Waals surface area contributed by atoms with Crippen molar-refractivity contribution in [2.45, 2.75) is 12.8 Å². The van der Waals surface area contributed by atoms with Crippen molar-refractivity contribution in [1.29, 1.82) is 0 Å². The maximum Gasteiger partial charge on any atom is 0.303 e. The summed E-state index contributed by atoms with van der Waals surface area (Å²) in [4.78, 5) is 10.2. The first-order valence-electron chi connectivity index (χ1n) is 4.50. The van der Waals surface area contributed by atoms with Crippen LogP contribution in [0.3, 0.4) is 0 Å². The molecule has 0 aliphatic heterocycles. The number of nitrogens with one attached hydrogen (secondary N) is 1. The molecule has 1 aromatic carbocycles. The summed E-state index contributed by atoms with van der Waals surface area (Å²) in [6.07, 6.45) is 0.600. The molecule has 0 heterocycles. The molecule has 1 rings (SSSR count). The van der Waals surface area contributed by atoms with Crippen molar-refractivity contribution in [1.82, 2.24) is 0 Å². The first kappa shape index (κ1) is 11.8. The summed E-state index contributed by atoms with van der Waals surface area (Å²) in [6.45, 7) is 0.493. The SMILES string of the molecule is O=C(O)CCCNc1ccc(Cl)c(F)c1. The van der Waals surface area contributed by atoms with Crippen molar-refractivity contribution in [3.8, 4) is 0 Å². The summed E-state index contributed by atoms with van der Waals surface area (Å²) in [5.41, 5.74) is 0.599. The summed E-state index contributed by atoms with van der Waals surface area (Å²) < 4.78 is 13.0. The van der Waals surface area contributed by atoms with Crippen LogP contribution < -0.4 is 5.32 Å². The van der Waals surface area contributed by atoms with Gasteiger partial charge in [-0.3, -0.25) is 4.79 Å². The highest BCUT2D eigenvalue weighted by atomic mass is 35.5. The van der Waals surface area contributed by atoms with Gasteiger partial charge in [0.05, 0.1) is 5.02 Å². The summed E-state index contributed by atoms with van der Waals surface area (Å²) in [7, 11) is 0. The minimum atomic E-state index is -0.834. The Balaban J connectivity index is 2.38. The van der Waals surface area contributed by atoms with Crippen LogP contribution in [-0.4, -0.2) is 17.6 Å². The predicted octanol–water partition coefficient (Wildman–Crippen LogP) is 2.76. The third-order valence-corrected chi connectivity index (χ3v) is 2.12. The van der Waals surface area contributed by atoms with Gasteiger partial charge in [0.2, 0.25) is 0 Å². The van der Waals surface area contributed by atoms with E-state index in [0.29, 0.717) is 18.7 Å². The summed E-state index contributed by atoms with van der Waals surface area (Å²) >= 11 is 5.50. The molecule has 0 saturated carbocycles. The van der Waals surface area contributed by atoms with Crippen molar-refractivity contribution in [2.75, 3.05) is 11.9 Å². The fourth-order valence-electron chi connectivity index (χ4n) is 1.08. The second-order valence-corrected chi connectivity index (χ2v) is 3.46. The van der Waals surface area contributed by atoms with Crippen LogP contribution in [0.1, 0.15) is 12.8 Å². The number of hydrogen-bond donors (Lipinski definition) is 2. The largest absolute Gasteiger partial charge is 0.481 e. The van der Waals surface area contributed by atoms with Crippen molar-refractivity contribution in [3.63, 3.8) is 0 Å². The van der Waals surface area contributed by atoms with Gasteiger partial charge >= 0.3 is 5.97 Å². The van der Waals surface area contributed by atoms with E-state index >= 15 is 0 Å². The Morgan fingerprint density at radius 1 is 1.53 bits per heavy atom. The molecule has 0 aromatic heterocycles. The fourth-order valence-corrected chi connectivity index (χ4v) is 1.20. The van der Waals surface area contributed by atoms with E-state index in [4.69, 9.17) is 16.7 Å². The van der Waals surface area contributed by atoms with Gasteiger partial charge in [-0.2, -0.15) is 0 Å². The van der Waals surface area contributed by atoms with E-state index in [0.717, 1.165) is 0 Å². The zero-order chi connectivity index (χ0) is 11.3. The highest BCUT2D eigenvalue weighted by Crippen LogP contribution is 2.18. The lowest BCUT2D eigenvalue weighted by Gasteiger charge is -2.05. The molecule has 0 radical (unpaired) electrons. The van der Waals surface area contributed by atoms with Crippen molar-refractivity contribution < 1.29 is 14.3 Å². The molecule has 0 unspecified atom stereocenters. The summed E-state index contributed by atoms with van der Waals surface area (Å²) in [5.74, 6) is -1.32. The zero-order valence-electron chi connectivity index (χ0n) is 7.96. The third kappa shape index (κ3) is 4.16. The Bertz CT molecular complexity index is 357. The Kier molecular flexibility index (Phi) is 4.37. The molecule has 2 N–H and O–H groups in total. The predicted molar refractivity (Wildman–Crippen MR) is 56.8 cm³/mol. The smallest absolute Gasteiger partial charge is 0.303 e. The Labute approximate surface area is 91.9 Å². The second-order valence-electron chi connectivity index (χ2n) is 3.05. The molecule has 82 valence electrons. The first-order valence-corrected chi connectivity index (χ1v) is 4.88. The number of carboxylic acids is 1. The Morgan fingerprint density at radius 3 is 2.87 bits per heavy atom. The average molecular weight is 232 g/mol. The van der Waals surface area contributed by atoms with Gasteiger partial charge in [0.15, 0.2) is 0 Å². The molecule has 3 nitrogen and oxygen atoms in total. The van der Waals surface area contributed by atoms with Crippen LogP contribution in [-0.2, 0) is 4.79 Å². The highest BCUT2D eigenvalue weighted by Gasteiger charge is 2.01. The number of anilines is 1. The molecule has 0 bridgehead atoms. The summed E-state index contributed by atoms with van der Waals surface area (Å²) in [6, 6.07) is 4.38. The average Bonchev–Trinajstić information content (AvgIpc) is 2.18. The van der Waals surface area contributed by atoms with Gasteiger partial charge < -0.3 is 10.4 Å². The molecular formula is C10H11ClFNO2. The van der Waals surface area contributed by atoms with Crippen LogP contribution in [0, 0.1) is 5.82 Å². The van der Waals surface area contributed by atoms with Gasteiger partial charge in [-0.1, -0.05) is 11.6 Å². The molecule has 0 atom stereocenters. The van der Waals surface area contributed by atoms with Gasteiger partial charge in [0.1, 0.15) is 5.82 Å². The van der Waals surface area contributed by atoms with E-state index in [1.54, 1.807) is 6.07 Å². The van der Waals surface area contributed by atoms with Crippen LogP contribution in [0.4, 0.5) is 10.1 Å². The maximum absolute atomic E-state index is 13.0. The monoisotopic (exact) mass is 231 g/mol.